The van der Waals surface area contributed by atoms with Gasteiger partial charge in [-0.25, -0.2) is 13.2 Å². The van der Waals surface area contributed by atoms with E-state index in [1.807, 2.05) is 0 Å². The fourth-order valence-electron chi connectivity index (χ4n) is 3.91. The van der Waals surface area contributed by atoms with Crippen LogP contribution in [0.3, 0.4) is 0 Å². The minimum atomic E-state index is -3.47. The number of hydrogen-bond acceptors (Lipinski definition) is 6. The minimum Gasteiger partial charge on any atom is -0.465 e. The first-order valence-electron chi connectivity index (χ1n) is 9.33. The molecule has 7 nitrogen and oxygen atoms in total. The monoisotopic (exact) mass is 414 g/mol. The van der Waals surface area contributed by atoms with Crippen LogP contribution < -0.4 is 5.32 Å². The first-order valence-corrected chi connectivity index (χ1v) is 12.0. The molecule has 27 heavy (non-hydrogen) atoms. The van der Waals surface area contributed by atoms with Gasteiger partial charge < -0.3 is 10.1 Å². The second kappa shape index (κ2) is 8.28. The van der Waals surface area contributed by atoms with Crippen LogP contribution in [0.4, 0.5) is 5.00 Å². The highest BCUT2D eigenvalue weighted by Crippen LogP contribution is 2.38. The van der Waals surface area contributed by atoms with Crippen LogP contribution >= 0.6 is 11.3 Å². The minimum absolute atomic E-state index is 0.349. The summed E-state index contributed by atoms with van der Waals surface area (Å²) in [5.41, 5.74) is 1.41. The van der Waals surface area contributed by atoms with Gasteiger partial charge in [-0.1, -0.05) is 12.8 Å². The van der Waals surface area contributed by atoms with E-state index >= 15 is 0 Å². The number of rotatable bonds is 4. The van der Waals surface area contributed by atoms with Gasteiger partial charge in [0.25, 0.3) is 0 Å². The molecule has 0 spiro atoms. The van der Waals surface area contributed by atoms with Gasteiger partial charge in [0.1, 0.15) is 11.0 Å². The quantitative estimate of drug-likeness (QED) is 0.604. The van der Waals surface area contributed by atoms with Gasteiger partial charge in [0.2, 0.25) is 15.9 Å². The van der Waals surface area contributed by atoms with Gasteiger partial charge in [0, 0.05) is 11.4 Å². The van der Waals surface area contributed by atoms with Crippen molar-refractivity contribution in [1.29, 1.82) is 0 Å². The maximum absolute atomic E-state index is 12.9. The Balaban J connectivity index is 1.90. The molecule has 1 fully saturated rings. The maximum Gasteiger partial charge on any atom is 0.341 e. The topological polar surface area (TPSA) is 92.8 Å². The molecular weight excluding hydrogens is 388 g/mol. The van der Waals surface area contributed by atoms with Crippen molar-refractivity contribution in [3.8, 4) is 0 Å². The van der Waals surface area contributed by atoms with Crippen LogP contribution in [-0.4, -0.2) is 50.6 Å². The van der Waals surface area contributed by atoms with Crippen LogP contribution in [0.1, 0.15) is 59.3 Å². The number of nitrogens with zero attached hydrogens (tertiary/aromatic N) is 1. The molecule has 0 radical (unpaired) electrons. The Kier molecular flexibility index (Phi) is 6.22. The summed E-state index contributed by atoms with van der Waals surface area (Å²) in [7, 11) is -2.13. The van der Waals surface area contributed by atoms with E-state index < -0.39 is 22.0 Å². The van der Waals surface area contributed by atoms with Gasteiger partial charge in [-0.2, -0.15) is 4.31 Å². The summed E-state index contributed by atoms with van der Waals surface area (Å²) >= 11 is 1.42. The van der Waals surface area contributed by atoms with E-state index in [2.05, 4.69) is 5.32 Å². The number of esters is 1. The number of hydrogen-bond donors (Lipinski definition) is 1. The zero-order valence-corrected chi connectivity index (χ0v) is 17.4. The number of sulfonamides is 1. The fourth-order valence-corrected chi connectivity index (χ4v) is 6.31. The smallest absolute Gasteiger partial charge is 0.341 e. The van der Waals surface area contributed by atoms with E-state index in [0.717, 1.165) is 61.6 Å². The lowest BCUT2D eigenvalue weighted by atomic mass is 10.0. The largest absolute Gasteiger partial charge is 0.465 e. The number of fused-ring (bicyclic) bond motifs is 1. The highest BCUT2D eigenvalue weighted by molar-refractivity contribution is 7.88. The Labute approximate surface area is 164 Å². The van der Waals surface area contributed by atoms with Crippen molar-refractivity contribution < 1.29 is 22.7 Å². The number of nitrogens with one attached hydrogen (secondary N) is 1. The number of aryl methyl sites for hydroxylation is 1. The summed E-state index contributed by atoms with van der Waals surface area (Å²) in [4.78, 5) is 26.4. The Hall–Kier alpha value is -1.45. The van der Waals surface area contributed by atoms with Crippen LogP contribution in [0.25, 0.3) is 0 Å². The lowest BCUT2D eigenvalue weighted by Gasteiger charge is -2.32. The first-order chi connectivity index (χ1) is 12.8. The summed E-state index contributed by atoms with van der Waals surface area (Å²) in [6.07, 6.45) is 8.03. The van der Waals surface area contributed by atoms with Crippen molar-refractivity contribution in [2.45, 2.75) is 57.4 Å². The highest BCUT2D eigenvalue weighted by atomic mass is 32.2. The molecule has 0 bridgehead atoms. The summed E-state index contributed by atoms with van der Waals surface area (Å²) < 4.78 is 30.3. The standard InChI is InChI=1S/C18H26N2O5S2/c1-25-18(22)15-12-8-4-3-5-10-14(12)26-17(15)19-16(21)13-9-6-7-11-20(13)27(2,23)24/h13H,3-11H2,1-2H3,(H,19,21). The number of anilines is 1. The Morgan fingerprint density at radius 1 is 1.15 bits per heavy atom. The third-order valence-electron chi connectivity index (χ3n) is 5.23. The number of methoxy groups -OCH3 is 1. The molecule has 1 amide bonds. The third kappa shape index (κ3) is 4.35. The Bertz CT molecular complexity index is 831. The molecule has 1 atom stereocenters. The number of ether oxygens (including phenoxy) is 1. The first kappa shape index (κ1) is 20.3. The van der Waals surface area contributed by atoms with Crippen LogP contribution in [0, 0.1) is 0 Å². The van der Waals surface area contributed by atoms with Gasteiger partial charge in [0.15, 0.2) is 0 Å². The highest BCUT2D eigenvalue weighted by Gasteiger charge is 2.36. The van der Waals surface area contributed by atoms with Gasteiger partial charge in [-0.05, 0) is 44.1 Å². The summed E-state index contributed by atoms with van der Waals surface area (Å²) in [5, 5.41) is 3.33. The van der Waals surface area contributed by atoms with Crippen molar-refractivity contribution in [1.82, 2.24) is 4.31 Å². The summed E-state index contributed by atoms with van der Waals surface area (Å²) in [5.74, 6) is -0.824. The van der Waals surface area contributed by atoms with E-state index in [9.17, 15) is 18.0 Å². The van der Waals surface area contributed by atoms with E-state index in [-0.39, 0.29) is 5.91 Å². The van der Waals surface area contributed by atoms with E-state index in [1.54, 1.807) is 0 Å². The molecule has 9 heteroatoms. The second-order valence-corrected chi connectivity index (χ2v) is 10.2. The van der Waals surface area contributed by atoms with Gasteiger partial charge >= 0.3 is 5.97 Å². The molecule has 150 valence electrons. The predicted molar refractivity (Wildman–Crippen MR) is 105 cm³/mol. The SMILES string of the molecule is COC(=O)c1c(NC(=O)C2CCCCN2S(C)(=O)=O)sc2c1CCCCC2. The van der Waals surface area contributed by atoms with Crippen molar-refractivity contribution in [2.75, 3.05) is 25.2 Å². The van der Waals surface area contributed by atoms with E-state index in [1.165, 1.54) is 22.8 Å². The predicted octanol–water partition coefficient (Wildman–Crippen LogP) is 2.56. The maximum atomic E-state index is 12.9. The van der Waals surface area contributed by atoms with E-state index in [0.29, 0.717) is 23.5 Å². The van der Waals surface area contributed by atoms with Gasteiger partial charge in [0.05, 0.1) is 18.9 Å². The zero-order chi connectivity index (χ0) is 19.6. The molecule has 0 saturated carbocycles. The molecule has 1 aliphatic heterocycles. The Morgan fingerprint density at radius 2 is 1.89 bits per heavy atom. The normalized spacial score (nSPS) is 21.2. The number of amides is 1. The van der Waals surface area contributed by atoms with Crippen molar-refractivity contribution in [3.05, 3.63) is 16.0 Å². The molecule has 1 aliphatic carbocycles. The van der Waals surface area contributed by atoms with Crippen LogP contribution in [-0.2, 0) is 32.4 Å². The number of carbonyl (C=O) groups excluding carboxylic acids is 2. The molecule has 2 heterocycles. The van der Waals surface area contributed by atoms with Crippen molar-refractivity contribution >= 4 is 38.2 Å². The molecule has 1 N–H and O–H groups in total. The van der Waals surface area contributed by atoms with Crippen LogP contribution in [0.5, 0.6) is 0 Å². The van der Waals surface area contributed by atoms with Gasteiger partial charge in [-0.15, -0.1) is 11.3 Å². The molecule has 1 saturated heterocycles. The number of thiophene rings is 1. The molecule has 1 aromatic rings. The van der Waals surface area contributed by atoms with Crippen molar-refractivity contribution in [2.24, 2.45) is 0 Å². The average Bonchev–Trinajstić information content (AvgIpc) is 2.81. The number of carbonyl (C=O) groups is 2. The molecule has 2 aliphatic rings. The molecule has 0 aromatic carbocycles. The van der Waals surface area contributed by atoms with Crippen LogP contribution in [0.15, 0.2) is 0 Å². The Morgan fingerprint density at radius 3 is 2.59 bits per heavy atom. The lowest BCUT2D eigenvalue weighted by Crippen LogP contribution is -2.49. The van der Waals surface area contributed by atoms with Crippen LogP contribution in [0.2, 0.25) is 0 Å². The second-order valence-electron chi connectivity index (χ2n) is 7.13. The van der Waals surface area contributed by atoms with Crippen molar-refractivity contribution in [3.63, 3.8) is 0 Å². The molecular formula is C18H26N2O5S2. The average molecular weight is 415 g/mol. The third-order valence-corrected chi connectivity index (χ3v) is 7.73. The summed E-state index contributed by atoms with van der Waals surface area (Å²) in [6, 6.07) is -0.735. The molecule has 1 aromatic heterocycles. The molecule has 3 rings (SSSR count). The zero-order valence-electron chi connectivity index (χ0n) is 15.7. The fraction of sp³-hybridized carbons (Fsp3) is 0.667. The van der Waals surface area contributed by atoms with Gasteiger partial charge in [-0.3, -0.25) is 4.79 Å². The molecule has 1 unspecified atom stereocenters. The number of piperidine rings is 1. The summed E-state index contributed by atoms with van der Waals surface area (Å²) in [6.45, 7) is 0.349. The lowest BCUT2D eigenvalue weighted by molar-refractivity contribution is -0.120. The van der Waals surface area contributed by atoms with E-state index in [4.69, 9.17) is 4.74 Å².